The highest BCUT2D eigenvalue weighted by atomic mass is 79.9. The second kappa shape index (κ2) is 8.93. The van der Waals surface area contributed by atoms with E-state index in [9.17, 15) is 4.79 Å². The first-order valence-corrected chi connectivity index (χ1v) is 11.8. The molecule has 0 unspecified atom stereocenters. The molecule has 5 rings (SSSR count). The number of rotatable bonds is 5. The third kappa shape index (κ3) is 3.87. The van der Waals surface area contributed by atoms with E-state index in [0.29, 0.717) is 19.6 Å². The van der Waals surface area contributed by atoms with Crippen LogP contribution < -0.4 is 0 Å². The minimum atomic E-state index is -0.365. The fraction of sp³-hybridized carbons (Fsp3) is 0.222. The number of nitrogens with zero attached hydrogens (tertiary/aromatic N) is 1. The number of carbonyl (C=O) groups is 1. The standard InChI is InChI=1S/C27H25BrN2O2/c1-2-32-27(31)24-16-22-21-10-6-7-11-23(21)29-25(22)26(19-12-14-20(28)15-13-19)30(24)17-18-8-4-3-5-9-18/h3-15,24,26,29H,2,16-17H2,1H3/t24-,26+/m0/s1. The van der Waals surface area contributed by atoms with Crippen LogP contribution in [-0.4, -0.2) is 28.5 Å². The smallest absolute Gasteiger partial charge is 0.323 e. The molecule has 0 amide bonds. The van der Waals surface area contributed by atoms with Gasteiger partial charge in [-0.25, -0.2) is 0 Å². The SMILES string of the molecule is CCOC(=O)[C@@H]1Cc2c([nH]c3ccccc23)[C@@H](c2ccc(Br)cc2)N1Cc1ccccc1. The monoisotopic (exact) mass is 488 g/mol. The Morgan fingerprint density at radius 3 is 2.50 bits per heavy atom. The van der Waals surface area contributed by atoms with E-state index in [2.05, 4.69) is 80.4 Å². The molecule has 0 saturated heterocycles. The number of aromatic amines is 1. The number of carbonyl (C=O) groups excluding carboxylic acids is 1. The Bertz CT molecular complexity index is 1230. The molecule has 2 atom stereocenters. The summed E-state index contributed by atoms with van der Waals surface area (Å²) < 4.78 is 6.59. The Hall–Kier alpha value is -2.89. The zero-order chi connectivity index (χ0) is 22.1. The molecule has 3 aromatic carbocycles. The maximum atomic E-state index is 13.2. The van der Waals surface area contributed by atoms with Crippen molar-refractivity contribution in [3.8, 4) is 0 Å². The number of fused-ring (bicyclic) bond motifs is 3. The van der Waals surface area contributed by atoms with Gasteiger partial charge >= 0.3 is 5.97 Å². The van der Waals surface area contributed by atoms with Crippen molar-refractivity contribution in [1.82, 2.24) is 9.88 Å². The van der Waals surface area contributed by atoms with Crippen LogP contribution in [0.1, 0.15) is 35.3 Å². The number of esters is 1. The highest BCUT2D eigenvalue weighted by Gasteiger charge is 2.41. The molecule has 0 spiro atoms. The van der Waals surface area contributed by atoms with Gasteiger partial charge in [0, 0.05) is 34.0 Å². The van der Waals surface area contributed by atoms with Crippen LogP contribution in [-0.2, 0) is 22.5 Å². The molecule has 0 aliphatic carbocycles. The molecule has 4 nitrogen and oxygen atoms in total. The summed E-state index contributed by atoms with van der Waals surface area (Å²) in [6.45, 7) is 2.89. The summed E-state index contributed by atoms with van der Waals surface area (Å²) in [4.78, 5) is 19.2. The average molecular weight is 489 g/mol. The predicted octanol–water partition coefficient (Wildman–Crippen LogP) is 6.01. The van der Waals surface area contributed by atoms with Crippen LogP contribution in [0.3, 0.4) is 0 Å². The Morgan fingerprint density at radius 2 is 1.75 bits per heavy atom. The lowest BCUT2D eigenvalue weighted by molar-refractivity contribution is -0.151. The molecular weight excluding hydrogens is 464 g/mol. The molecule has 2 heterocycles. The van der Waals surface area contributed by atoms with Gasteiger partial charge in [-0.2, -0.15) is 0 Å². The van der Waals surface area contributed by atoms with Crippen LogP contribution in [0.4, 0.5) is 0 Å². The van der Waals surface area contributed by atoms with E-state index in [4.69, 9.17) is 4.74 Å². The van der Waals surface area contributed by atoms with Crippen LogP contribution in [0, 0.1) is 0 Å². The van der Waals surface area contributed by atoms with Gasteiger partial charge < -0.3 is 9.72 Å². The van der Waals surface area contributed by atoms with Crippen LogP contribution in [0.5, 0.6) is 0 Å². The summed E-state index contributed by atoms with van der Waals surface area (Å²) in [5.41, 5.74) is 5.78. The van der Waals surface area contributed by atoms with Crippen molar-refractivity contribution in [1.29, 1.82) is 0 Å². The maximum Gasteiger partial charge on any atom is 0.323 e. The molecule has 5 heteroatoms. The molecule has 0 radical (unpaired) electrons. The number of aromatic nitrogens is 1. The molecule has 162 valence electrons. The van der Waals surface area contributed by atoms with Gasteiger partial charge in [-0.1, -0.05) is 76.6 Å². The van der Waals surface area contributed by atoms with Gasteiger partial charge in [0.05, 0.1) is 12.6 Å². The minimum absolute atomic E-state index is 0.0890. The van der Waals surface area contributed by atoms with Crippen molar-refractivity contribution in [2.75, 3.05) is 6.61 Å². The third-order valence-electron chi connectivity index (χ3n) is 6.20. The number of halogens is 1. The highest BCUT2D eigenvalue weighted by Crippen LogP contribution is 2.42. The van der Waals surface area contributed by atoms with Crippen molar-refractivity contribution in [2.24, 2.45) is 0 Å². The number of H-pyrrole nitrogens is 1. The van der Waals surface area contributed by atoms with Crippen molar-refractivity contribution in [2.45, 2.75) is 32.0 Å². The highest BCUT2D eigenvalue weighted by molar-refractivity contribution is 9.10. The first-order chi connectivity index (χ1) is 15.7. The summed E-state index contributed by atoms with van der Waals surface area (Å²) in [5, 5.41) is 1.18. The summed E-state index contributed by atoms with van der Waals surface area (Å²) in [6.07, 6.45) is 0.623. The predicted molar refractivity (Wildman–Crippen MR) is 130 cm³/mol. The third-order valence-corrected chi connectivity index (χ3v) is 6.73. The molecule has 1 aromatic heterocycles. The summed E-state index contributed by atoms with van der Waals surface area (Å²) in [5.74, 6) is -0.165. The lowest BCUT2D eigenvalue weighted by Gasteiger charge is -2.41. The Balaban J connectivity index is 1.70. The van der Waals surface area contributed by atoms with E-state index in [1.807, 2.05) is 31.2 Å². The topological polar surface area (TPSA) is 45.3 Å². The van der Waals surface area contributed by atoms with Gasteiger partial charge in [0.2, 0.25) is 0 Å². The van der Waals surface area contributed by atoms with E-state index < -0.39 is 0 Å². The van der Waals surface area contributed by atoms with E-state index >= 15 is 0 Å². The fourth-order valence-electron chi connectivity index (χ4n) is 4.79. The summed E-state index contributed by atoms with van der Waals surface area (Å²) >= 11 is 3.56. The number of hydrogen-bond acceptors (Lipinski definition) is 3. The van der Waals surface area contributed by atoms with Crippen molar-refractivity contribution < 1.29 is 9.53 Å². The van der Waals surface area contributed by atoms with Gasteiger partial charge in [0.1, 0.15) is 6.04 Å². The van der Waals surface area contributed by atoms with Crippen molar-refractivity contribution in [3.63, 3.8) is 0 Å². The number of ether oxygens (including phenoxy) is 1. The zero-order valence-corrected chi connectivity index (χ0v) is 19.5. The van der Waals surface area contributed by atoms with Gasteiger partial charge in [-0.05, 0) is 41.8 Å². The maximum absolute atomic E-state index is 13.2. The van der Waals surface area contributed by atoms with E-state index in [1.165, 1.54) is 16.5 Å². The first kappa shape index (κ1) is 21.0. The van der Waals surface area contributed by atoms with Crippen molar-refractivity contribution >= 4 is 32.8 Å². The quantitative estimate of drug-likeness (QED) is 0.350. The number of nitrogens with one attached hydrogen (secondary N) is 1. The molecule has 32 heavy (non-hydrogen) atoms. The second-order valence-corrected chi connectivity index (χ2v) is 9.06. The average Bonchev–Trinajstić information content (AvgIpc) is 3.18. The number of benzene rings is 3. The van der Waals surface area contributed by atoms with E-state index in [1.54, 1.807) is 0 Å². The fourth-order valence-corrected chi connectivity index (χ4v) is 5.05. The molecule has 1 N–H and O–H groups in total. The molecule has 0 fully saturated rings. The van der Waals surface area contributed by atoms with Gasteiger partial charge in [-0.3, -0.25) is 9.69 Å². The van der Waals surface area contributed by atoms with Gasteiger partial charge in [0.15, 0.2) is 0 Å². The van der Waals surface area contributed by atoms with Crippen LogP contribution >= 0.6 is 15.9 Å². The molecule has 4 aromatic rings. The minimum Gasteiger partial charge on any atom is -0.465 e. The van der Waals surface area contributed by atoms with E-state index in [0.717, 1.165) is 21.2 Å². The summed E-state index contributed by atoms with van der Waals surface area (Å²) in [6, 6.07) is 26.6. The Morgan fingerprint density at radius 1 is 1.03 bits per heavy atom. The molecule has 1 aliphatic rings. The van der Waals surface area contributed by atoms with Crippen LogP contribution in [0.25, 0.3) is 10.9 Å². The molecule has 1 aliphatic heterocycles. The Labute approximate surface area is 196 Å². The summed E-state index contributed by atoms with van der Waals surface area (Å²) in [7, 11) is 0. The first-order valence-electron chi connectivity index (χ1n) is 11.0. The number of hydrogen-bond donors (Lipinski definition) is 1. The van der Waals surface area contributed by atoms with Gasteiger partial charge in [-0.15, -0.1) is 0 Å². The van der Waals surface area contributed by atoms with Crippen molar-refractivity contribution in [3.05, 3.63) is 106 Å². The van der Waals surface area contributed by atoms with Gasteiger partial charge in [0.25, 0.3) is 0 Å². The molecule has 0 bridgehead atoms. The van der Waals surface area contributed by atoms with Crippen LogP contribution in [0.15, 0.2) is 83.3 Å². The Kier molecular flexibility index (Phi) is 5.85. The lowest BCUT2D eigenvalue weighted by Crippen LogP contribution is -2.48. The lowest BCUT2D eigenvalue weighted by atomic mass is 9.87. The largest absolute Gasteiger partial charge is 0.465 e. The zero-order valence-electron chi connectivity index (χ0n) is 17.9. The molecular formula is C27H25BrN2O2. The molecule has 0 saturated carbocycles. The van der Waals surface area contributed by atoms with E-state index in [-0.39, 0.29) is 18.1 Å². The van der Waals surface area contributed by atoms with Crippen LogP contribution in [0.2, 0.25) is 0 Å². The number of para-hydroxylation sites is 1. The second-order valence-electron chi connectivity index (χ2n) is 8.15. The normalized spacial score (nSPS) is 18.4.